The van der Waals surface area contributed by atoms with Crippen LogP contribution in [0.1, 0.15) is 5.56 Å². The van der Waals surface area contributed by atoms with E-state index in [0.717, 1.165) is 10.2 Å². The van der Waals surface area contributed by atoms with Crippen LogP contribution in [0.5, 0.6) is 0 Å². The van der Waals surface area contributed by atoms with Crippen LogP contribution in [0.25, 0.3) is 0 Å². The van der Waals surface area contributed by atoms with Gasteiger partial charge in [0.05, 0.1) is 0 Å². The van der Waals surface area contributed by atoms with Crippen molar-refractivity contribution in [1.82, 2.24) is 0 Å². The minimum absolute atomic E-state index is 0. The molecule has 0 aromatic heterocycles. The third-order valence-corrected chi connectivity index (χ3v) is 2.30. The number of rotatable bonds is 0. The maximum absolute atomic E-state index is 5.57. The van der Waals surface area contributed by atoms with Crippen LogP contribution in [0.3, 0.4) is 0 Å². The molecule has 0 saturated carbocycles. The molecule has 0 atom stereocenters. The van der Waals surface area contributed by atoms with Gasteiger partial charge in [0, 0.05) is 10.2 Å². The summed E-state index contributed by atoms with van der Waals surface area (Å²) in [7, 11) is 0. The van der Waals surface area contributed by atoms with Crippen molar-refractivity contribution in [3.63, 3.8) is 0 Å². The van der Waals surface area contributed by atoms with E-state index in [9.17, 15) is 0 Å². The Balaban J connectivity index is 0.000000810. The normalized spacial score (nSPS) is 8.60. The lowest BCUT2D eigenvalue weighted by atomic mass is 10.2. The van der Waals surface area contributed by atoms with E-state index in [-0.39, 0.29) is 17.0 Å². The van der Waals surface area contributed by atoms with Crippen LogP contribution in [-0.2, 0) is 0 Å². The van der Waals surface area contributed by atoms with Gasteiger partial charge in [0.1, 0.15) is 0 Å². The van der Waals surface area contributed by atoms with Crippen molar-refractivity contribution in [3.05, 3.63) is 28.2 Å². The summed E-state index contributed by atoms with van der Waals surface area (Å²) in [6, 6.07) is 5.83. The van der Waals surface area contributed by atoms with E-state index >= 15 is 0 Å². The first-order valence-electron chi connectivity index (χ1n) is 2.72. The highest BCUT2D eigenvalue weighted by atomic mass is 79.9. The highest BCUT2D eigenvalue weighted by Crippen LogP contribution is 2.22. The van der Waals surface area contributed by atoms with Gasteiger partial charge < -0.3 is 5.73 Å². The van der Waals surface area contributed by atoms with Crippen LogP contribution in [0.15, 0.2) is 22.7 Å². The molecule has 56 valence electrons. The summed E-state index contributed by atoms with van der Waals surface area (Å²) in [6.07, 6.45) is 0. The predicted octanol–water partition coefficient (Wildman–Crippen LogP) is 2.92. The molecular formula is C7H9Br2N. The summed E-state index contributed by atoms with van der Waals surface area (Å²) in [5.74, 6) is 0. The number of anilines is 1. The summed E-state index contributed by atoms with van der Waals surface area (Å²) >= 11 is 3.35. The monoisotopic (exact) mass is 265 g/mol. The summed E-state index contributed by atoms with van der Waals surface area (Å²) in [6.45, 7) is 2.01. The molecule has 0 aliphatic rings. The van der Waals surface area contributed by atoms with Gasteiger partial charge in [-0.2, -0.15) is 0 Å². The lowest BCUT2D eigenvalue weighted by molar-refractivity contribution is 1.43. The molecule has 0 aliphatic carbocycles. The zero-order valence-corrected chi connectivity index (χ0v) is 8.89. The first-order valence-corrected chi connectivity index (χ1v) is 3.51. The Morgan fingerprint density at radius 1 is 1.40 bits per heavy atom. The van der Waals surface area contributed by atoms with E-state index in [1.165, 1.54) is 5.56 Å². The van der Waals surface area contributed by atoms with Gasteiger partial charge in [-0.3, -0.25) is 0 Å². The van der Waals surface area contributed by atoms with Gasteiger partial charge in [-0.25, -0.2) is 0 Å². The zero-order chi connectivity index (χ0) is 6.85. The Bertz CT molecular complexity index is 203. The van der Waals surface area contributed by atoms with Crippen LogP contribution in [0.2, 0.25) is 0 Å². The Morgan fingerprint density at radius 2 is 2.00 bits per heavy atom. The topological polar surface area (TPSA) is 26.0 Å². The summed E-state index contributed by atoms with van der Waals surface area (Å²) in [4.78, 5) is 0. The maximum atomic E-state index is 5.57. The largest absolute Gasteiger partial charge is 0.398 e. The highest BCUT2D eigenvalue weighted by molar-refractivity contribution is 9.10. The molecular weight excluding hydrogens is 258 g/mol. The standard InChI is InChI=1S/C7H8BrN.BrH/c1-5-3-2-4-6(9)7(5)8;/h2-4H,9H2,1H3;1H. The number of hydrogen-bond donors (Lipinski definition) is 1. The molecule has 1 rings (SSSR count). The Hall–Kier alpha value is -0.0200. The summed E-state index contributed by atoms with van der Waals surface area (Å²) < 4.78 is 1.00. The van der Waals surface area contributed by atoms with Gasteiger partial charge >= 0.3 is 0 Å². The molecule has 1 aromatic carbocycles. The SMILES string of the molecule is Br.Cc1cccc(N)c1Br. The Morgan fingerprint density at radius 3 is 2.40 bits per heavy atom. The zero-order valence-electron chi connectivity index (χ0n) is 5.60. The van der Waals surface area contributed by atoms with E-state index < -0.39 is 0 Å². The van der Waals surface area contributed by atoms with E-state index in [1.807, 2.05) is 25.1 Å². The van der Waals surface area contributed by atoms with Gasteiger partial charge in [-0.1, -0.05) is 12.1 Å². The summed E-state index contributed by atoms with van der Waals surface area (Å²) in [5, 5.41) is 0. The maximum Gasteiger partial charge on any atom is 0.0461 e. The lowest BCUT2D eigenvalue weighted by Gasteiger charge is -1.98. The van der Waals surface area contributed by atoms with Crippen molar-refractivity contribution in [2.75, 3.05) is 5.73 Å². The molecule has 0 aliphatic heterocycles. The van der Waals surface area contributed by atoms with Crippen LogP contribution >= 0.6 is 32.9 Å². The van der Waals surface area contributed by atoms with Gasteiger partial charge in [0.2, 0.25) is 0 Å². The van der Waals surface area contributed by atoms with Gasteiger partial charge in [-0.05, 0) is 34.5 Å². The third-order valence-electron chi connectivity index (χ3n) is 1.22. The molecule has 0 fully saturated rings. The minimum Gasteiger partial charge on any atom is -0.398 e. The van der Waals surface area contributed by atoms with Crippen molar-refractivity contribution in [2.45, 2.75) is 6.92 Å². The minimum atomic E-state index is 0. The number of halogens is 2. The second-order valence-corrected chi connectivity index (χ2v) is 2.77. The first-order chi connectivity index (χ1) is 4.22. The number of benzene rings is 1. The average molecular weight is 267 g/mol. The van der Waals surface area contributed by atoms with Crippen molar-refractivity contribution < 1.29 is 0 Å². The second-order valence-electron chi connectivity index (χ2n) is 1.98. The van der Waals surface area contributed by atoms with Gasteiger partial charge in [-0.15, -0.1) is 17.0 Å². The van der Waals surface area contributed by atoms with E-state index in [2.05, 4.69) is 15.9 Å². The second kappa shape index (κ2) is 3.98. The van der Waals surface area contributed by atoms with Crippen LogP contribution in [-0.4, -0.2) is 0 Å². The molecule has 2 N–H and O–H groups in total. The molecule has 0 saturated heterocycles. The molecule has 0 amide bonds. The van der Waals surface area contributed by atoms with Crippen molar-refractivity contribution in [2.24, 2.45) is 0 Å². The molecule has 3 heteroatoms. The Labute approximate surface area is 79.5 Å². The van der Waals surface area contributed by atoms with Crippen LogP contribution in [0, 0.1) is 6.92 Å². The summed E-state index contributed by atoms with van der Waals surface area (Å²) in [5.41, 5.74) is 7.55. The smallest absolute Gasteiger partial charge is 0.0461 e. The third kappa shape index (κ3) is 1.99. The number of nitrogens with two attached hydrogens (primary N) is 1. The van der Waals surface area contributed by atoms with Gasteiger partial charge in [0.25, 0.3) is 0 Å². The Kier molecular flexibility index (Phi) is 3.98. The van der Waals surface area contributed by atoms with E-state index in [1.54, 1.807) is 0 Å². The van der Waals surface area contributed by atoms with Crippen molar-refractivity contribution in [3.8, 4) is 0 Å². The first kappa shape index (κ1) is 9.98. The quantitative estimate of drug-likeness (QED) is 0.718. The molecule has 0 radical (unpaired) electrons. The van der Waals surface area contributed by atoms with Gasteiger partial charge in [0.15, 0.2) is 0 Å². The number of aryl methyl sites for hydroxylation is 1. The molecule has 0 unspecified atom stereocenters. The molecule has 0 heterocycles. The van der Waals surface area contributed by atoms with E-state index in [4.69, 9.17) is 5.73 Å². The van der Waals surface area contributed by atoms with Crippen LogP contribution in [0.4, 0.5) is 5.69 Å². The highest BCUT2D eigenvalue weighted by Gasteiger charge is 1.94. The number of nitrogen functional groups attached to an aromatic ring is 1. The van der Waals surface area contributed by atoms with Crippen LogP contribution < -0.4 is 5.73 Å². The molecule has 0 bridgehead atoms. The fraction of sp³-hybridized carbons (Fsp3) is 0.143. The van der Waals surface area contributed by atoms with Crippen molar-refractivity contribution >= 4 is 38.6 Å². The fourth-order valence-corrected chi connectivity index (χ4v) is 0.934. The van der Waals surface area contributed by atoms with Crippen molar-refractivity contribution in [1.29, 1.82) is 0 Å². The lowest BCUT2D eigenvalue weighted by Crippen LogP contribution is -1.86. The molecule has 10 heavy (non-hydrogen) atoms. The predicted molar refractivity (Wildman–Crippen MR) is 53.6 cm³/mol. The van der Waals surface area contributed by atoms with E-state index in [0.29, 0.717) is 0 Å². The molecule has 0 spiro atoms. The molecule has 1 aromatic rings. The fourth-order valence-electron chi connectivity index (χ4n) is 0.670. The number of hydrogen-bond acceptors (Lipinski definition) is 1. The molecule has 1 nitrogen and oxygen atoms in total. The average Bonchev–Trinajstić information content (AvgIpc) is 1.83.